The van der Waals surface area contributed by atoms with E-state index in [1.165, 1.54) is 5.69 Å². The van der Waals surface area contributed by atoms with Crippen molar-refractivity contribution in [3.63, 3.8) is 0 Å². The number of para-hydroxylation sites is 1. The van der Waals surface area contributed by atoms with Crippen molar-refractivity contribution in [2.24, 2.45) is 0 Å². The molecule has 0 atom stereocenters. The minimum atomic E-state index is 0.716. The van der Waals surface area contributed by atoms with E-state index in [4.69, 9.17) is 0 Å². The first-order valence-electron chi connectivity index (χ1n) is 8.97. The van der Waals surface area contributed by atoms with Crippen molar-refractivity contribution in [3.05, 3.63) is 66.5 Å². The van der Waals surface area contributed by atoms with Crippen LogP contribution in [0, 0.1) is 6.92 Å². The van der Waals surface area contributed by atoms with E-state index in [2.05, 4.69) is 63.6 Å². The number of nitrogens with one attached hydrogen (secondary N) is 2. The lowest BCUT2D eigenvalue weighted by Crippen LogP contribution is -2.21. The van der Waals surface area contributed by atoms with Crippen molar-refractivity contribution >= 4 is 28.7 Å². The molecule has 0 saturated heterocycles. The highest BCUT2D eigenvalue weighted by Crippen LogP contribution is 2.22. The van der Waals surface area contributed by atoms with E-state index in [0.29, 0.717) is 5.82 Å². The number of aryl methyl sites for hydroxylation is 1. The summed E-state index contributed by atoms with van der Waals surface area (Å²) in [6.07, 6.45) is 0. The quantitative estimate of drug-likeness (QED) is 0.621. The Hall–Kier alpha value is -3.08. The molecule has 0 radical (unpaired) electrons. The van der Waals surface area contributed by atoms with E-state index < -0.39 is 0 Å². The third-order valence-corrected chi connectivity index (χ3v) is 4.15. The van der Waals surface area contributed by atoms with Gasteiger partial charge in [-0.1, -0.05) is 18.2 Å². The Kier molecular flexibility index (Phi) is 5.69. The molecule has 3 aromatic rings. The number of nitrogens with zero attached hydrogens (tertiary/aromatic N) is 3. The molecule has 134 valence electrons. The van der Waals surface area contributed by atoms with E-state index in [-0.39, 0.29) is 0 Å². The van der Waals surface area contributed by atoms with Crippen molar-refractivity contribution < 1.29 is 0 Å². The lowest BCUT2D eigenvalue weighted by atomic mass is 10.2. The Labute approximate surface area is 155 Å². The number of anilines is 5. The van der Waals surface area contributed by atoms with Crippen LogP contribution < -0.4 is 15.5 Å². The molecule has 3 rings (SSSR count). The van der Waals surface area contributed by atoms with Crippen LogP contribution in [0.4, 0.5) is 28.7 Å². The van der Waals surface area contributed by atoms with Crippen LogP contribution in [0.15, 0.2) is 60.7 Å². The number of benzene rings is 2. The van der Waals surface area contributed by atoms with Crippen LogP contribution in [0.5, 0.6) is 0 Å². The lowest BCUT2D eigenvalue weighted by Gasteiger charge is -2.21. The zero-order valence-corrected chi connectivity index (χ0v) is 15.5. The van der Waals surface area contributed by atoms with Crippen molar-refractivity contribution in [2.75, 3.05) is 28.6 Å². The average Bonchev–Trinajstić information content (AvgIpc) is 2.64. The Morgan fingerprint density at radius 3 is 1.85 bits per heavy atom. The maximum absolute atomic E-state index is 4.49. The summed E-state index contributed by atoms with van der Waals surface area (Å²) in [5.41, 5.74) is 3.23. The second-order valence-electron chi connectivity index (χ2n) is 6.02. The summed E-state index contributed by atoms with van der Waals surface area (Å²) in [6.45, 7) is 8.23. The molecule has 0 aliphatic carbocycles. The molecule has 5 nitrogen and oxygen atoms in total. The van der Waals surface area contributed by atoms with Gasteiger partial charge in [-0.25, -0.2) is 9.97 Å². The molecule has 0 fully saturated rings. The topological polar surface area (TPSA) is 53.1 Å². The van der Waals surface area contributed by atoms with Gasteiger partial charge in [0, 0.05) is 36.2 Å². The van der Waals surface area contributed by atoms with Gasteiger partial charge in [0.2, 0.25) is 0 Å². The minimum Gasteiger partial charge on any atom is -0.372 e. The van der Waals surface area contributed by atoms with Gasteiger partial charge < -0.3 is 15.5 Å². The lowest BCUT2D eigenvalue weighted by molar-refractivity contribution is 0.866. The Morgan fingerprint density at radius 2 is 1.31 bits per heavy atom. The highest BCUT2D eigenvalue weighted by Gasteiger charge is 2.05. The van der Waals surface area contributed by atoms with Gasteiger partial charge in [0.1, 0.15) is 17.5 Å². The maximum atomic E-state index is 4.49. The fourth-order valence-corrected chi connectivity index (χ4v) is 2.86. The molecule has 0 bridgehead atoms. The van der Waals surface area contributed by atoms with Gasteiger partial charge in [-0.2, -0.15) is 0 Å². The second-order valence-corrected chi connectivity index (χ2v) is 6.02. The van der Waals surface area contributed by atoms with Crippen molar-refractivity contribution in [3.8, 4) is 0 Å². The summed E-state index contributed by atoms with van der Waals surface area (Å²) in [6, 6.07) is 20.3. The number of hydrogen-bond donors (Lipinski definition) is 2. The molecule has 0 amide bonds. The van der Waals surface area contributed by atoms with Crippen molar-refractivity contribution in [1.29, 1.82) is 0 Å². The van der Waals surface area contributed by atoms with Gasteiger partial charge in [-0.05, 0) is 57.2 Å². The molecule has 0 unspecified atom stereocenters. The summed E-state index contributed by atoms with van der Waals surface area (Å²) in [5.74, 6) is 2.26. The Bertz CT molecular complexity index is 827. The summed E-state index contributed by atoms with van der Waals surface area (Å²) >= 11 is 0. The average molecular weight is 347 g/mol. The normalized spacial score (nSPS) is 10.4. The van der Waals surface area contributed by atoms with Crippen molar-refractivity contribution in [1.82, 2.24) is 9.97 Å². The first-order chi connectivity index (χ1) is 12.7. The van der Waals surface area contributed by atoms with Gasteiger partial charge in [0.15, 0.2) is 0 Å². The first kappa shape index (κ1) is 17.7. The van der Waals surface area contributed by atoms with Gasteiger partial charge >= 0.3 is 0 Å². The van der Waals surface area contributed by atoms with Gasteiger partial charge in [0.25, 0.3) is 0 Å². The fraction of sp³-hybridized carbons (Fsp3) is 0.238. The summed E-state index contributed by atoms with van der Waals surface area (Å²) < 4.78 is 0. The van der Waals surface area contributed by atoms with E-state index in [1.54, 1.807) is 0 Å². The molecule has 0 aliphatic rings. The van der Waals surface area contributed by atoms with E-state index in [1.807, 2.05) is 43.3 Å². The zero-order chi connectivity index (χ0) is 18.4. The molecule has 26 heavy (non-hydrogen) atoms. The van der Waals surface area contributed by atoms with Crippen LogP contribution >= 0.6 is 0 Å². The molecule has 1 aromatic heterocycles. The third-order valence-electron chi connectivity index (χ3n) is 4.15. The number of rotatable bonds is 7. The maximum Gasteiger partial charge on any atom is 0.136 e. The Balaban J connectivity index is 1.75. The summed E-state index contributed by atoms with van der Waals surface area (Å²) in [5, 5.41) is 6.68. The van der Waals surface area contributed by atoms with E-state index >= 15 is 0 Å². The summed E-state index contributed by atoms with van der Waals surface area (Å²) in [7, 11) is 0. The molecule has 0 spiro atoms. The molecular formula is C21H25N5. The minimum absolute atomic E-state index is 0.716. The van der Waals surface area contributed by atoms with E-state index in [9.17, 15) is 0 Å². The zero-order valence-electron chi connectivity index (χ0n) is 15.5. The SMILES string of the molecule is CCN(CC)c1ccc(Nc2cc(Nc3ccccc3)nc(C)n2)cc1. The van der Waals surface area contributed by atoms with E-state index in [0.717, 1.165) is 36.1 Å². The van der Waals surface area contributed by atoms with Crippen LogP contribution in [-0.2, 0) is 0 Å². The molecule has 0 aliphatic heterocycles. The van der Waals surface area contributed by atoms with Gasteiger partial charge in [-0.15, -0.1) is 0 Å². The molecule has 2 aromatic carbocycles. The third kappa shape index (κ3) is 4.51. The monoisotopic (exact) mass is 347 g/mol. The predicted molar refractivity (Wildman–Crippen MR) is 110 cm³/mol. The molecule has 1 heterocycles. The standard InChI is InChI=1S/C21H25N5/c1-4-26(5-2)19-13-11-18(12-14-19)25-21-15-20(22-16(3)23-21)24-17-9-7-6-8-10-17/h6-15H,4-5H2,1-3H3,(H2,22,23,24,25). The van der Waals surface area contributed by atoms with Crippen LogP contribution in [0.25, 0.3) is 0 Å². The smallest absolute Gasteiger partial charge is 0.136 e. The predicted octanol–water partition coefficient (Wildman–Crippen LogP) is 5.12. The second kappa shape index (κ2) is 8.34. The molecule has 5 heteroatoms. The molecular weight excluding hydrogens is 322 g/mol. The van der Waals surface area contributed by atoms with Crippen LogP contribution in [-0.4, -0.2) is 23.1 Å². The van der Waals surface area contributed by atoms with Crippen LogP contribution in [0.1, 0.15) is 19.7 Å². The fourth-order valence-electron chi connectivity index (χ4n) is 2.86. The highest BCUT2D eigenvalue weighted by atomic mass is 15.1. The number of aromatic nitrogens is 2. The Morgan fingerprint density at radius 1 is 0.769 bits per heavy atom. The summed E-state index contributed by atoms with van der Waals surface area (Å²) in [4.78, 5) is 11.3. The molecule has 0 saturated carbocycles. The largest absolute Gasteiger partial charge is 0.372 e. The number of hydrogen-bond acceptors (Lipinski definition) is 5. The van der Waals surface area contributed by atoms with Gasteiger partial charge in [-0.3, -0.25) is 0 Å². The first-order valence-corrected chi connectivity index (χ1v) is 8.97. The van der Waals surface area contributed by atoms with Crippen LogP contribution in [0.2, 0.25) is 0 Å². The van der Waals surface area contributed by atoms with Gasteiger partial charge in [0.05, 0.1) is 0 Å². The highest BCUT2D eigenvalue weighted by molar-refractivity contribution is 5.64. The van der Waals surface area contributed by atoms with Crippen LogP contribution in [0.3, 0.4) is 0 Å². The molecule has 2 N–H and O–H groups in total. The van der Waals surface area contributed by atoms with Crippen molar-refractivity contribution in [2.45, 2.75) is 20.8 Å².